The molecule has 13 aromatic rings. The number of fused-ring (bicyclic) bond motifs is 9. The second-order valence-electron chi connectivity index (χ2n) is 18.5. The van der Waals surface area contributed by atoms with Gasteiger partial charge in [-0.25, -0.2) is 15.0 Å². The molecular formula is C64H43N5O. The highest BCUT2D eigenvalue weighted by molar-refractivity contribution is 6.14. The van der Waals surface area contributed by atoms with E-state index in [4.69, 9.17) is 19.4 Å². The normalized spacial score (nSPS) is 13.9. The number of hydrogen-bond donors (Lipinski definition) is 0. The van der Waals surface area contributed by atoms with Gasteiger partial charge >= 0.3 is 0 Å². The molecule has 6 nitrogen and oxygen atoms in total. The van der Waals surface area contributed by atoms with Crippen LogP contribution in [0.3, 0.4) is 0 Å². The van der Waals surface area contributed by atoms with Crippen molar-refractivity contribution in [3.05, 3.63) is 230 Å². The van der Waals surface area contributed by atoms with Crippen LogP contribution in [0.15, 0.2) is 229 Å². The Labute approximate surface area is 403 Å². The van der Waals surface area contributed by atoms with E-state index >= 15 is 0 Å². The molecule has 4 heterocycles. The number of furan rings is 1. The summed E-state index contributed by atoms with van der Waals surface area (Å²) in [4.78, 5) is 15.1. The first kappa shape index (κ1) is 40.0. The minimum absolute atomic E-state index is 0.409. The van der Waals surface area contributed by atoms with Crippen molar-refractivity contribution >= 4 is 71.1 Å². The number of benzene rings is 9. The number of hydrogen-bond acceptors (Lipinski definition) is 4. The highest BCUT2D eigenvalue weighted by Gasteiger charge is 2.20. The van der Waals surface area contributed by atoms with Crippen LogP contribution >= 0.6 is 0 Å². The number of allylic oxidation sites excluding steroid dienone is 4. The van der Waals surface area contributed by atoms with Crippen molar-refractivity contribution in [3.8, 4) is 56.4 Å². The van der Waals surface area contributed by atoms with Gasteiger partial charge in [0.1, 0.15) is 11.2 Å². The minimum atomic E-state index is 0.409. The lowest BCUT2D eigenvalue weighted by atomic mass is 9.97. The van der Waals surface area contributed by atoms with E-state index in [2.05, 4.69) is 204 Å². The Hall–Kier alpha value is -9.13. The van der Waals surface area contributed by atoms with Gasteiger partial charge in [0, 0.05) is 60.4 Å². The summed E-state index contributed by atoms with van der Waals surface area (Å²) >= 11 is 0. The van der Waals surface area contributed by atoms with E-state index in [1.54, 1.807) is 0 Å². The second kappa shape index (κ2) is 16.0. The molecule has 1 unspecified atom stereocenters. The fourth-order valence-electron chi connectivity index (χ4n) is 10.7. The molecule has 0 N–H and O–H groups in total. The molecule has 0 amide bonds. The maximum Gasteiger partial charge on any atom is 0.164 e. The van der Waals surface area contributed by atoms with Crippen LogP contribution in [0.4, 0.5) is 0 Å². The number of aromatic nitrogens is 5. The van der Waals surface area contributed by atoms with Gasteiger partial charge in [-0.15, -0.1) is 0 Å². The van der Waals surface area contributed by atoms with Crippen LogP contribution in [0.5, 0.6) is 0 Å². The Morgan fingerprint density at radius 3 is 1.51 bits per heavy atom. The van der Waals surface area contributed by atoms with Crippen LogP contribution in [-0.2, 0) is 0 Å². The van der Waals surface area contributed by atoms with Crippen LogP contribution in [0.25, 0.3) is 128 Å². The van der Waals surface area contributed by atoms with E-state index in [1.165, 1.54) is 43.7 Å². The van der Waals surface area contributed by atoms with Gasteiger partial charge in [-0.3, -0.25) is 0 Å². The predicted molar refractivity (Wildman–Crippen MR) is 288 cm³/mol. The van der Waals surface area contributed by atoms with Gasteiger partial charge in [-0.1, -0.05) is 140 Å². The molecule has 1 aliphatic carbocycles. The Morgan fingerprint density at radius 1 is 0.386 bits per heavy atom. The summed E-state index contributed by atoms with van der Waals surface area (Å²) in [7, 11) is 0. The summed E-state index contributed by atoms with van der Waals surface area (Å²) in [6.07, 6.45) is 7.60. The maximum atomic E-state index is 6.48. The molecule has 4 aromatic heterocycles. The van der Waals surface area contributed by atoms with Gasteiger partial charge < -0.3 is 13.6 Å². The monoisotopic (exact) mass is 897 g/mol. The highest BCUT2D eigenvalue weighted by Crippen LogP contribution is 2.41. The quantitative estimate of drug-likeness (QED) is 0.160. The van der Waals surface area contributed by atoms with Crippen LogP contribution in [-0.4, -0.2) is 24.1 Å². The SMILES string of the molecule is CC1C=C(c2nc(-c3ccccc3)nc(-c3ccc4oc5ccc(-c6ccc7c8cc(-c9ccc%10c(c9)c9ccccc9n%10-c9ccccc9)ccc8n(-c8ccccc8)c7c6)cc5c4c3)n2)C=CC1. The summed E-state index contributed by atoms with van der Waals surface area (Å²) in [5, 5.41) is 6.94. The van der Waals surface area contributed by atoms with Crippen molar-refractivity contribution in [2.24, 2.45) is 5.92 Å². The zero-order valence-corrected chi connectivity index (χ0v) is 38.3. The van der Waals surface area contributed by atoms with Crippen molar-refractivity contribution in [1.29, 1.82) is 0 Å². The molecule has 0 spiro atoms. The largest absolute Gasteiger partial charge is 0.456 e. The summed E-state index contributed by atoms with van der Waals surface area (Å²) in [5.41, 5.74) is 16.1. The molecule has 0 fully saturated rings. The van der Waals surface area contributed by atoms with Crippen LogP contribution < -0.4 is 0 Å². The molecule has 6 heteroatoms. The fourth-order valence-corrected chi connectivity index (χ4v) is 10.7. The Bertz CT molecular complexity index is 4270. The van der Waals surface area contributed by atoms with Gasteiger partial charge in [0.25, 0.3) is 0 Å². The van der Waals surface area contributed by atoms with E-state index in [1.807, 2.05) is 36.4 Å². The Morgan fingerprint density at radius 2 is 0.857 bits per heavy atom. The molecule has 1 aliphatic rings. The Balaban J connectivity index is 0.884. The summed E-state index contributed by atoms with van der Waals surface area (Å²) < 4.78 is 11.3. The second-order valence-corrected chi connectivity index (χ2v) is 18.5. The van der Waals surface area contributed by atoms with Crippen LogP contribution in [0.2, 0.25) is 0 Å². The molecule has 9 aromatic carbocycles. The smallest absolute Gasteiger partial charge is 0.164 e. The molecule has 0 radical (unpaired) electrons. The third kappa shape index (κ3) is 6.60. The molecule has 1 atom stereocenters. The topological polar surface area (TPSA) is 61.7 Å². The lowest BCUT2D eigenvalue weighted by molar-refractivity contribution is 0.669. The molecular weight excluding hydrogens is 855 g/mol. The predicted octanol–water partition coefficient (Wildman–Crippen LogP) is 16.6. The van der Waals surface area contributed by atoms with Crippen molar-refractivity contribution < 1.29 is 4.42 Å². The standard InChI is InChI=1S/C64H43N5O/c1-40-14-13-17-46(34-40)63-65-62(41-15-5-2-6-16-41)66-64(67-63)47-28-33-61-55(38-47)54-37-44(27-32-60(54)70-61)45-24-29-51-53-36-43(26-31-58(53)69(59(51)39-45)49-20-9-4-10-21-49)42-25-30-57-52(35-42)50-22-11-12-23-56(50)68(57)48-18-7-3-8-19-48/h2-13,15-40H,14H2,1H3. The van der Waals surface area contributed by atoms with E-state index in [9.17, 15) is 0 Å². The zero-order valence-electron chi connectivity index (χ0n) is 38.3. The molecule has 330 valence electrons. The first-order valence-electron chi connectivity index (χ1n) is 24.0. The van der Waals surface area contributed by atoms with Gasteiger partial charge in [-0.2, -0.15) is 0 Å². The lowest BCUT2D eigenvalue weighted by Crippen LogP contribution is -2.04. The number of para-hydroxylation sites is 3. The lowest BCUT2D eigenvalue weighted by Gasteiger charge is -2.13. The number of rotatable bonds is 7. The van der Waals surface area contributed by atoms with E-state index in [0.29, 0.717) is 23.4 Å². The molecule has 0 aliphatic heterocycles. The van der Waals surface area contributed by atoms with E-state index in [0.717, 1.165) is 78.6 Å². The molecule has 70 heavy (non-hydrogen) atoms. The minimum Gasteiger partial charge on any atom is -0.456 e. The molecule has 0 bridgehead atoms. The van der Waals surface area contributed by atoms with Crippen LogP contribution in [0, 0.1) is 5.92 Å². The zero-order chi connectivity index (χ0) is 46.3. The van der Waals surface area contributed by atoms with Crippen molar-refractivity contribution in [2.45, 2.75) is 13.3 Å². The highest BCUT2D eigenvalue weighted by atomic mass is 16.3. The third-order valence-electron chi connectivity index (χ3n) is 14.1. The van der Waals surface area contributed by atoms with E-state index < -0.39 is 0 Å². The van der Waals surface area contributed by atoms with Crippen molar-refractivity contribution in [1.82, 2.24) is 24.1 Å². The average molecular weight is 898 g/mol. The maximum absolute atomic E-state index is 6.48. The van der Waals surface area contributed by atoms with Crippen molar-refractivity contribution in [3.63, 3.8) is 0 Å². The molecule has 14 rings (SSSR count). The summed E-state index contributed by atoms with van der Waals surface area (Å²) in [6.45, 7) is 2.22. The van der Waals surface area contributed by atoms with E-state index in [-0.39, 0.29) is 0 Å². The summed E-state index contributed by atoms with van der Waals surface area (Å²) in [5.74, 6) is 2.36. The summed E-state index contributed by atoms with van der Waals surface area (Å²) in [6, 6.07) is 73.7. The van der Waals surface area contributed by atoms with Gasteiger partial charge in [0.2, 0.25) is 0 Å². The van der Waals surface area contributed by atoms with Gasteiger partial charge in [0.05, 0.1) is 22.1 Å². The van der Waals surface area contributed by atoms with Crippen molar-refractivity contribution in [2.75, 3.05) is 0 Å². The van der Waals surface area contributed by atoms with Gasteiger partial charge in [-0.05, 0) is 126 Å². The molecule has 0 saturated carbocycles. The average Bonchev–Trinajstić information content (AvgIpc) is 4.08. The fraction of sp³-hybridized carbons (Fsp3) is 0.0469. The molecule has 0 saturated heterocycles. The third-order valence-corrected chi connectivity index (χ3v) is 14.1. The van der Waals surface area contributed by atoms with Crippen LogP contribution in [0.1, 0.15) is 19.2 Å². The van der Waals surface area contributed by atoms with Gasteiger partial charge in [0.15, 0.2) is 17.5 Å². The first-order chi connectivity index (χ1) is 34.6. The first-order valence-corrected chi connectivity index (χ1v) is 24.0. The number of nitrogens with zero attached hydrogens (tertiary/aromatic N) is 5. The Kier molecular flexibility index (Phi) is 9.14.